The van der Waals surface area contributed by atoms with Crippen molar-refractivity contribution in [3.8, 4) is 0 Å². The van der Waals surface area contributed by atoms with Gasteiger partial charge in [-0.15, -0.1) is 0 Å². The molecule has 1 rings (SSSR count). The fourth-order valence-electron chi connectivity index (χ4n) is 0.854. The van der Waals surface area contributed by atoms with E-state index in [0.29, 0.717) is 5.56 Å². The van der Waals surface area contributed by atoms with E-state index in [0.717, 1.165) is 0 Å². The van der Waals surface area contributed by atoms with E-state index in [9.17, 15) is 10.1 Å². The van der Waals surface area contributed by atoms with Crippen LogP contribution in [0, 0.1) is 10.1 Å². The average molecular weight is 218 g/mol. The van der Waals surface area contributed by atoms with E-state index < -0.39 is 4.92 Å². The van der Waals surface area contributed by atoms with Crippen LogP contribution in [0.25, 0.3) is 6.08 Å². The Morgan fingerprint density at radius 3 is 2.69 bits per heavy atom. The van der Waals surface area contributed by atoms with Gasteiger partial charge in [-0.05, 0) is 11.6 Å². The predicted molar refractivity (Wildman–Crippen MR) is 52.8 cm³/mol. The topological polar surface area (TPSA) is 43.1 Å². The molecule has 1 aromatic carbocycles. The van der Waals surface area contributed by atoms with Crippen molar-refractivity contribution in [1.29, 1.82) is 0 Å². The molecule has 3 nitrogen and oxygen atoms in total. The maximum atomic E-state index is 10.4. The monoisotopic (exact) mass is 217 g/mol. The Bertz CT molecular complexity index is 359. The second kappa shape index (κ2) is 4.25. The number of non-ortho nitro benzene ring substituents is 1. The normalized spacial score (nSPS) is 9.38. The van der Waals surface area contributed by atoms with Crippen LogP contribution in [0.4, 0.5) is 5.69 Å². The van der Waals surface area contributed by atoms with E-state index in [1.54, 1.807) is 12.1 Å². The third kappa shape index (κ3) is 3.05. The molecule has 0 aliphatic rings. The molecule has 0 amide bonds. The van der Waals surface area contributed by atoms with Crippen LogP contribution in [0.5, 0.6) is 0 Å². The largest absolute Gasteiger partial charge is 0.270 e. The maximum Gasteiger partial charge on any atom is 0.270 e. The van der Waals surface area contributed by atoms with Crippen molar-refractivity contribution in [2.75, 3.05) is 0 Å². The first-order chi connectivity index (χ1) is 6.09. The van der Waals surface area contributed by atoms with E-state index in [4.69, 9.17) is 23.2 Å². The third-order valence-electron chi connectivity index (χ3n) is 1.36. The molecule has 5 heteroatoms. The molecular formula is C8H5Cl2NO2. The molecule has 0 saturated heterocycles. The number of nitrogens with zero attached hydrogens (tertiary/aromatic N) is 1. The van der Waals surface area contributed by atoms with Gasteiger partial charge < -0.3 is 0 Å². The van der Waals surface area contributed by atoms with Crippen LogP contribution >= 0.6 is 23.2 Å². The van der Waals surface area contributed by atoms with E-state index in [-0.39, 0.29) is 10.2 Å². The van der Waals surface area contributed by atoms with Gasteiger partial charge in [0.2, 0.25) is 0 Å². The quantitative estimate of drug-likeness (QED) is 0.564. The number of hydrogen-bond acceptors (Lipinski definition) is 2. The van der Waals surface area contributed by atoms with Gasteiger partial charge in [-0.25, -0.2) is 0 Å². The number of nitro groups is 1. The number of halogens is 2. The molecule has 0 aromatic heterocycles. The SMILES string of the molecule is O=[N+]([O-])c1cccc(C=C(Cl)Cl)c1. The van der Waals surface area contributed by atoms with E-state index in [1.807, 2.05) is 0 Å². The Balaban J connectivity index is 3.06. The Morgan fingerprint density at radius 1 is 1.46 bits per heavy atom. The van der Waals surface area contributed by atoms with Crippen molar-refractivity contribution in [2.24, 2.45) is 0 Å². The summed E-state index contributed by atoms with van der Waals surface area (Å²) in [5, 5.41) is 10.4. The lowest BCUT2D eigenvalue weighted by Gasteiger charge is -1.93. The lowest BCUT2D eigenvalue weighted by Crippen LogP contribution is -1.87. The highest BCUT2D eigenvalue weighted by molar-refractivity contribution is 6.57. The van der Waals surface area contributed by atoms with Gasteiger partial charge in [-0.3, -0.25) is 10.1 Å². The summed E-state index contributed by atoms with van der Waals surface area (Å²) >= 11 is 10.8. The molecule has 13 heavy (non-hydrogen) atoms. The molecule has 0 fully saturated rings. The van der Waals surface area contributed by atoms with Crippen molar-refractivity contribution in [2.45, 2.75) is 0 Å². The van der Waals surface area contributed by atoms with Crippen molar-refractivity contribution in [3.63, 3.8) is 0 Å². The highest BCUT2D eigenvalue weighted by atomic mass is 35.5. The van der Waals surface area contributed by atoms with Gasteiger partial charge in [-0.2, -0.15) is 0 Å². The average Bonchev–Trinajstić information content (AvgIpc) is 2.03. The van der Waals surface area contributed by atoms with Gasteiger partial charge in [0.15, 0.2) is 0 Å². The minimum Gasteiger partial charge on any atom is -0.258 e. The molecule has 0 heterocycles. The summed E-state index contributed by atoms with van der Waals surface area (Å²) in [6.07, 6.45) is 1.44. The van der Waals surface area contributed by atoms with Gasteiger partial charge in [0.25, 0.3) is 5.69 Å². The summed E-state index contributed by atoms with van der Waals surface area (Å²) in [5.74, 6) is 0. The molecule has 1 aromatic rings. The molecule has 0 N–H and O–H groups in total. The molecular weight excluding hydrogens is 213 g/mol. The maximum absolute atomic E-state index is 10.4. The van der Waals surface area contributed by atoms with E-state index >= 15 is 0 Å². The Hall–Kier alpha value is -1.06. The van der Waals surface area contributed by atoms with Gasteiger partial charge >= 0.3 is 0 Å². The zero-order valence-electron chi connectivity index (χ0n) is 6.41. The highest BCUT2D eigenvalue weighted by Gasteiger charge is 2.03. The van der Waals surface area contributed by atoms with E-state index in [1.165, 1.54) is 18.2 Å². The van der Waals surface area contributed by atoms with Crippen molar-refractivity contribution < 1.29 is 4.92 Å². The van der Waals surface area contributed by atoms with E-state index in [2.05, 4.69) is 0 Å². The summed E-state index contributed by atoms with van der Waals surface area (Å²) in [5.41, 5.74) is 0.623. The molecule has 0 aliphatic carbocycles. The smallest absolute Gasteiger partial charge is 0.258 e. The molecule has 0 bridgehead atoms. The van der Waals surface area contributed by atoms with Gasteiger partial charge in [0.1, 0.15) is 4.49 Å². The molecule has 0 aliphatic heterocycles. The predicted octanol–water partition coefficient (Wildman–Crippen LogP) is 3.37. The summed E-state index contributed by atoms with van der Waals surface area (Å²) in [4.78, 5) is 9.89. The molecule has 0 atom stereocenters. The Kier molecular flexibility index (Phi) is 3.28. The number of benzene rings is 1. The number of nitro benzene ring substituents is 1. The lowest BCUT2D eigenvalue weighted by molar-refractivity contribution is -0.384. The van der Waals surface area contributed by atoms with Crippen LogP contribution in [0.2, 0.25) is 0 Å². The summed E-state index contributed by atoms with van der Waals surface area (Å²) in [7, 11) is 0. The summed E-state index contributed by atoms with van der Waals surface area (Å²) < 4.78 is 0.0699. The molecule has 0 spiro atoms. The Morgan fingerprint density at radius 2 is 2.15 bits per heavy atom. The fraction of sp³-hybridized carbons (Fsp3) is 0. The first kappa shape index (κ1) is 10.0. The van der Waals surface area contributed by atoms with Gasteiger partial charge in [0.05, 0.1) is 4.92 Å². The summed E-state index contributed by atoms with van der Waals surface area (Å²) in [6.45, 7) is 0. The first-order valence-electron chi connectivity index (χ1n) is 3.37. The second-order valence-electron chi connectivity index (χ2n) is 2.29. The Labute approximate surface area is 84.7 Å². The zero-order chi connectivity index (χ0) is 9.84. The molecule has 0 radical (unpaired) electrons. The zero-order valence-corrected chi connectivity index (χ0v) is 7.92. The van der Waals surface area contributed by atoms with Crippen LogP contribution in [0.3, 0.4) is 0 Å². The van der Waals surface area contributed by atoms with Crippen molar-refractivity contribution >= 4 is 35.0 Å². The van der Waals surface area contributed by atoms with Gasteiger partial charge in [0, 0.05) is 12.1 Å². The summed E-state index contributed by atoms with van der Waals surface area (Å²) in [6, 6.07) is 6.04. The van der Waals surface area contributed by atoms with Crippen LogP contribution in [-0.4, -0.2) is 4.92 Å². The standard InChI is InChI=1S/C8H5Cl2NO2/c9-8(10)5-6-2-1-3-7(4-6)11(12)13/h1-5H. The number of hydrogen-bond donors (Lipinski definition) is 0. The minimum absolute atomic E-state index is 0.0170. The van der Waals surface area contributed by atoms with Crippen molar-refractivity contribution in [3.05, 3.63) is 44.4 Å². The molecule has 68 valence electrons. The first-order valence-corrected chi connectivity index (χ1v) is 4.12. The number of rotatable bonds is 2. The minimum atomic E-state index is -0.473. The fourth-order valence-corrected chi connectivity index (χ4v) is 1.11. The van der Waals surface area contributed by atoms with Crippen LogP contribution in [-0.2, 0) is 0 Å². The molecule has 0 unspecified atom stereocenters. The van der Waals surface area contributed by atoms with Crippen molar-refractivity contribution in [1.82, 2.24) is 0 Å². The molecule has 0 saturated carbocycles. The second-order valence-corrected chi connectivity index (χ2v) is 3.29. The van der Waals surface area contributed by atoms with Gasteiger partial charge in [-0.1, -0.05) is 35.3 Å². The lowest BCUT2D eigenvalue weighted by atomic mass is 10.2. The van der Waals surface area contributed by atoms with Crippen LogP contribution < -0.4 is 0 Å². The van der Waals surface area contributed by atoms with Crippen LogP contribution in [0.15, 0.2) is 28.8 Å². The third-order valence-corrected chi connectivity index (χ3v) is 1.58. The van der Waals surface area contributed by atoms with Crippen LogP contribution in [0.1, 0.15) is 5.56 Å². The highest BCUT2D eigenvalue weighted by Crippen LogP contribution is 2.18.